The molecule has 1 aromatic carbocycles. The van der Waals surface area contributed by atoms with Crippen LogP contribution in [0.15, 0.2) is 52.3 Å². The number of thiophene rings is 1. The van der Waals surface area contributed by atoms with E-state index in [1.807, 2.05) is 44.3 Å². The van der Waals surface area contributed by atoms with Gasteiger partial charge in [0.25, 0.3) is 5.56 Å². The summed E-state index contributed by atoms with van der Waals surface area (Å²) < 4.78 is 4.03. The van der Waals surface area contributed by atoms with Gasteiger partial charge >= 0.3 is 0 Å². The number of carbonyl (C=O) groups is 1. The highest BCUT2D eigenvalue weighted by molar-refractivity contribution is 9.10. The molecule has 3 heterocycles. The predicted molar refractivity (Wildman–Crippen MR) is 118 cm³/mol. The Kier molecular flexibility index (Phi) is 5.33. The number of para-hydroxylation sites is 2. The van der Waals surface area contributed by atoms with Gasteiger partial charge in [-0.05, 0) is 47.5 Å². The molecule has 4 rings (SSSR count). The molecule has 0 saturated carbocycles. The SMILES string of the molecule is Cc1sc2ncn(CCC(=O)Nc3ccccc3-n3cc(Br)cn3)c(=O)c2c1C. The first kappa shape index (κ1) is 19.5. The Morgan fingerprint density at radius 3 is 2.83 bits per heavy atom. The molecule has 1 amide bonds. The van der Waals surface area contributed by atoms with E-state index in [-0.39, 0.29) is 24.4 Å². The van der Waals surface area contributed by atoms with E-state index in [9.17, 15) is 9.59 Å². The molecule has 0 saturated heterocycles. The number of nitrogens with one attached hydrogen (secondary N) is 1. The van der Waals surface area contributed by atoms with Crippen molar-refractivity contribution in [2.45, 2.75) is 26.8 Å². The van der Waals surface area contributed by atoms with Crippen molar-refractivity contribution in [3.63, 3.8) is 0 Å². The van der Waals surface area contributed by atoms with E-state index in [1.165, 1.54) is 22.2 Å². The van der Waals surface area contributed by atoms with Gasteiger partial charge in [-0.2, -0.15) is 5.10 Å². The summed E-state index contributed by atoms with van der Waals surface area (Å²) in [5.41, 5.74) is 2.27. The number of carbonyl (C=O) groups excluding carboxylic acids is 1. The summed E-state index contributed by atoms with van der Waals surface area (Å²) in [6.07, 6.45) is 5.17. The lowest BCUT2D eigenvalue weighted by Gasteiger charge is -2.11. The minimum atomic E-state index is -0.186. The number of rotatable bonds is 5. The van der Waals surface area contributed by atoms with Gasteiger partial charge in [-0.15, -0.1) is 11.3 Å². The average Bonchev–Trinajstić information content (AvgIpc) is 3.25. The Labute approximate surface area is 179 Å². The second-order valence-corrected chi connectivity index (χ2v) is 8.74. The van der Waals surface area contributed by atoms with E-state index in [4.69, 9.17) is 0 Å². The number of anilines is 1. The lowest BCUT2D eigenvalue weighted by atomic mass is 10.2. The number of hydrogen-bond donors (Lipinski definition) is 1. The summed E-state index contributed by atoms with van der Waals surface area (Å²) in [5.74, 6) is -0.186. The van der Waals surface area contributed by atoms with Crippen molar-refractivity contribution >= 4 is 49.1 Å². The van der Waals surface area contributed by atoms with Crippen molar-refractivity contribution in [3.8, 4) is 5.69 Å². The summed E-state index contributed by atoms with van der Waals surface area (Å²) in [6.45, 7) is 4.17. The molecule has 0 aliphatic carbocycles. The van der Waals surface area contributed by atoms with Crippen LogP contribution in [0.2, 0.25) is 0 Å². The Balaban J connectivity index is 1.51. The third-order valence-corrected chi connectivity index (χ3v) is 6.24. The van der Waals surface area contributed by atoms with Crippen LogP contribution in [0.5, 0.6) is 0 Å². The molecule has 148 valence electrons. The first-order valence-electron chi connectivity index (χ1n) is 8.98. The monoisotopic (exact) mass is 471 g/mol. The molecule has 0 unspecified atom stereocenters. The minimum absolute atomic E-state index is 0.105. The summed E-state index contributed by atoms with van der Waals surface area (Å²) in [6, 6.07) is 7.42. The molecule has 9 heteroatoms. The first-order chi connectivity index (χ1) is 13.9. The van der Waals surface area contributed by atoms with Crippen LogP contribution >= 0.6 is 27.3 Å². The quantitative estimate of drug-likeness (QED) is 0.475. The van der Waals surface area contributed by atoms with Gasteiger partial charge in [0.05, 0.1) is 33.8 Å². The molecular formula is C20H18BrN5O2S. The van der Waals surface area contributed by atoms with Gasteiger partial charge in [-0.1, -0.05) is 12.1 Å². The summed E-state index contributed by atoms with van der Waals surface area (Å²) in [5, 5.41) is 7.82. The van der Waals surface area contributed by atoms with Crippen molar-refractivity contribution in [2.75, 3.05) is 5.32 Å². The van der Waals surface area contributed by atoms with Crippen molar-refractivity contribution < 1.29 is 4.79 Å². The number of benzene rings is 1. The molecule has 3 aromatic heterocycles. The number of fused-ring (bicyclic) bond motifs is 1. The molecule has 0 radical (unpaired) electrons. The van der Waals surface area contributed by atoms with Crippen LogP contribution in [0.25, 0.3) is 15.9 Å². The third kappa shape index (κ3) is 3.88. The molecule has 1 N–H and O–H groups in total. The van der Waals surface area contributed by atoms with Gasteiger partial charge in [0, 0.05) is 24.0 Å². The summed E-state index contributed by atoms with van der Waals surface area (Å²) >= 11 is 4.89. The van der Waals surface area contributed by atoms with Gasteiger partial charge in [0.15, 0.2) is 0 Å². The van der Waals surface area contributed by atoms with E-state index < -0.39 is 0 Å². The van der Waals surface area contributed by atoms with Crippen molar-refractivity contribution in [3.05, 3.63) is 68.3 Å². The minimum Gasteiger partial charge on any atom is -0.324 e. The number of amides is 1. The Hall–Kier alpha value is -2.78. The molecule has 0 aliphatic rings. The molecule has 0 fully saturated rings. The van der Waals surface area contributed by atoms with Gasteiger partial charge in [0.2, 0.25) is 5.91 Å². The molecule has 0 atom stereocenters. The Morgan fingerprint density at radius 2 is 2.07 bits per heavy atom. The van der Waals surface area contributed by atoms with E-state index in [0.717, 1.165) is 25.4 Å². The van der Waals surface area contributed by atoms with Gasteiger partial charge in [-0.3, -0.25) is 14.2 Å². The van der Waals surface area contributed by atoms with Gasteiger partial charge in [0.1, 0.15) is 4.83 Å². The van der Waals surface area contributed by atoms with Crippen LogP contribution < -0.4 is 10.9 Å². The smallest absolute Gasteiger partial charge is 0.262 e. The highest BCUT2D eigenvalue weighted by Crippen LogP contribution is 2.25. The number of hydrogen-bond acceptors (Lipinski definition) is 5. The maximum absolute atomic E-state index is 12.8. The second-order valence-electron chi connectivity index (χ2n) is 6.62. The van der Waals surface area contributed by atoms with E-state index >= 15 is 0 Å². The molecular weight excluding hydrogens is 454 g/mol. The number of halogens is 1. The van der Waals surface area contributed by atoms with Crippen molar-refractivity contribution in [2.24, 2.45) is 0 Å². The normalized spacial score (nSPS) is 11.1. The van der Waals surface area contributed by atoms with Crippen molar-refractivity contribution in [1.82, 2.24) is 19.3 Å². The molecule has 29 heavy (non-hydrogen) atoms. The topological polar surface area (TPSA) is 81.8 Å². The standard InChI is InChI=1S/C20H18BrN5O2S/c1-12-13(2)29-19-18(12)20(28)25(11-22-19)8-7-17(27)24-15-5-3-4-6-16(15)26-10-14(21)9-23-26/h3-6,9-11H,7-8H2,1-2H3,(H,24,27). The third-order valence-electron chi connectivity index (χ3n) is 4.71. The first-order valence-corrected chi connectivity index (χ1v) is 10.6. The molecule has 4 aromatic rings. The van der Waals surface area contributed by atoms with Crippen LogP contribution in [0.1, 0.15) is 16.9 Å². The van der Waals surface area contributed by atoms with E-state index in [0.29, 0.717) is 11.1 Å². The summed E-state index contributed by atoms with van der Waals surface area (Å²) in [4.78, 5) is 31.5. The Bertz CT molecular complexity index is 1270. The summed E-state index contributed by atoms with van der Waals surface area (Å²) in [7, 11) is 0. The molecule has 0 spiro atoms. The fraction of sp³-hybridized carbons (Fsp3) is 0.200. The Morgan fingerprint density at radius 1 is 1.28 bits per heavy atom. The number of aryl methyl sites for hydroxylation is 3. The van der Waals surface area contributed by atoms with Gasteiger partial charge in [-0.25, -0.2) is 9.67 Å². The lowest BCUT2D eigenvalue weighted by Crippen LogP contribution is -2.24. The molecule has 0 aliphatic heterocycles. The van der Waals surface area contributed by atoms with E-state index in [2.05, 4.69) is 31.3 Å². The molecule has 7 nitrogen and oxygen atoms in total. The molecule has 0 bridgehead atoms. The van der Waals surface area contributed by atoms with Crippen LogP contribution in [-0.2, 0) is 11.3 Å². The van der Waals surface area contributed by atoms with Crippen molar-refractivity contribution in [1.29, 1.82) is 0 Å². The number of nitrogens with zero attached hydrogens (tertiary/aromatic N) is 4. The highest BCUT2D eigenvalue weighted by atomic mass is 79.9. The van der Waals surface area contributed by atoms with Gasteiger partial charge < -0.3 is 5.32 Å². The fourth-order valence-corrected chi connectivity index (χ4v) is 4.35. The zero-order valence-electron chi connectivity index (χ0n) is 15.8. The van der Waals surface area contributed by atoms with Crippen LogP contribution in [0.4, 0.5) is 5.69 Å². The van der Waals surface area contributed by atoms with Crippen LogP contribution in [-0.4, -0.2) is 25.2 Å². The zero-order valence-corrected chi connectivity index (χ0v) is 18.2. The van der Waals surface area contributed by atoms with Crippen LogP contribution in [0, 0.1) is 13.8 Å². The van der Waals surface area contributed by atoms with E-state index in [1.54, 1.807) is 10.9 Å². The maximum atomic E-state index is 12.8. The largest absolute Gasteiger partial charge is 0.324 e. The lowest BCUT2D eigenvalue weighted by molar-refractivity contribution is -0.116. The highest BCUT2D eigenvalue weighted by Gasteiger charge is 2.14. The fourth-order valence-electron chi connectivity index (χ4n) is 3.08. The zero-order chi connectivity index (χ0) is 20.5. The predicted octanol–water partition coefficient (Wildman–Crippen LogP) is 4.05. The van der Waals surface area contributed by atoms with Crippen LogP contribution in [0.3, 0.4) is 0 Å². The average molecular weight is 472 g/mol. The second kappa shape index (κ2) is 7.92. The maximum Gasteiger partial charge on any atom is 0.262 e. The number of aromatic nitrogens is 4.